The van der Waals surface area contributed by atoms with Crippen LogP contribution in [0.25, 0.3) is 11.4 Å². The van der Waals surface area contributed by atoms with Crippen molar-refractivity contribution < 1.29 is 14.4 Å². The maximum absolute atomic E-state index is 9.43. The van der Waals surface area contributed by atoms with Crippen LogP contribution in [0.1, 0.15) is 24.7 Å². The molecule has 0 bridgehead atoms. The molecule has 0 spiro atoms. The molecule has 0 radical (unpaired) electrons. The highest BCUT2D eigenvalue weighted by atomic mass is 16.5. The van der Waals surface area contributed by atoms with Crippen molar-refractivity contribution in [3.8, 4) is 17.1 Å². The highest BCUT2D eigenvalue weighted by Gasteiger charge is 2.22. The molecule has 5 heteroatoms. The number of phenols is 1. The zero-order valence-corrected chi connectivity index (χ0v) is 9.87. The molecular weight excluding hydrogens is 232 g/mol. The van der Waals surface area contributed by atoms with E-state index in [0.29, 0.717) is 11.7 Å². The minimum absolute atomic E-state index is 0.199. The van der Waals surface area contributed by atoms with Crippen LogP contribution < -0.4 is 0 Å². The second kappa shape index (κ2) is 4.78. The molecule has 3 rings (SSSR count). The van der Waals surface area contributed by atoms with Gasteiger partial charge in [-0.1, -0.05) is 17.3 Å². The molecule has 1 saturated heterocycles. The Hall–Kier alpha value is -1.88. The Morgan fingerprint density at radius 3 is 2.83 bits per heavy atom. The standard InChI is InChI=1S/C13H14N2O3/c16-11-3-1-2-10(8-11)12-14-13(18-15-12)9-4-6-17-7-5-9/h1-3,8-9,16H,4-7H2. The Bertz CT molecular complexity index is 533. The van der Waals surface area contributed by atoms with Gasteiger partial charge in [-0.15, -0.1) is 0 Å². The fraction of sp³-hybridized carbons (Fsp3) is 0.385. The SMILES string of the molecule is Oc1cccc(-c2noc(C3CCOCC3)n2)c1. The predicted molar refractivity (Wildman–Crippen MR) is 64.2 cm³/mol. The van der Waals surface area contributed by atoms with Crippen LogP contribution >= 0.6 is 0 Å². The van der Waals surface area contributed by atoms with Crippen LogP contribution in [-0.2, 0) is 4.74 Å². The normalized spacial score (nSPS) is 16.9. The van der Waals surface area contributed by atoms with Gasteiger partial charge in [-0.25, -0.2) is 0 Å². The first-order chi connectivity index (χ1) is 8.83. The Morgan fingerprint density at radius 1 is 1.22 bits per heavy atom. The summed E-state index contributed by atoms with van der Waals surface area (Å²) in [7, 11) is 0. The first kappa shape index (κ1) is 11.2. The molecule has 1 aliphatic heterocycles. The Morgan fingerprint density at radius 2 is 2.06 bits per heavy atom. The van der Waals surface area contributed by atoms with E-state index in [2.05, 4.69) is 10.1 Å². The summed E-state index contributed by atoms with van der Waals surface area (Å²) in [5, 5.41) is 13.4. The average Bonchev–Trinajstić information content (AvgIpc) is 2.89. The van der Waals surface area contributed by atoms with Crippen molar-refractivity contribution in [1.29, 1.82) is 0 Å². The maximum atomic E-state index is 9.43. The van der Waals surface area contributed by atoms with Gasteiger partial charge in [0.1, 0.15) is 5.75 Å². The Balaban J connectivity index is 1.84. The first-order valence-corrected chi connectivity index (χ1v) is 6.04. The van der Waals surface area contributed by atoms with E-state index in [1.807, 2.05) is 6.07 Å². The molecule has 0 saturated carbocycles. The van der Waals surface area contributed by atoms with Gasteiger partial charge in [-0.3, -0.25) is 0 Å². The van der Waals surface area contributed by atoms with Crippen molar-refractivity contribution in [2.45, 2.75) is 18.8 Å². The number of ether oxygens (including phenoxy) is 1. The van der Waals surface area contributed by atoms with E-state index in [0.717, 1.165) is 31.6 Å². The minimum atomic E-state index is 0.199. The van der Waals surface area contributed by atoms with Crippen LogP contribution in [0.4, 0.5) is 0 Å². The molecule has 0 atom stereocenters. The van der Waals surface area contributed by atoms with Crippen molar-refractivity contribution in [1.82, 2.24) is 10.1 Å². The molecule has 1 aliphatic rings. The molecular formula is C13H14N2O3. The fourth-order valence-corrected chi connectivity index (χ4v) is 2.11. The van der Waals surface area contributed by atoms with E-state index < -0.39 is 0 Å². The number of hydrogen-bond donors (Lipinski definition) is 1. The van der Waals surface area contributed by atoms with Crippen LogP contribution in [0.2, 0.25) is 0 Å². The monoisotopic (exact) mass is 246 g/mol. The molecule has 0 amide bonds. The fourth-order valence-electron chi connectivity index (χ4n) is 2.11. The minimum Gasteiger partial charge on any atom is -0.508 e. The summed E-state index contributed by atoms with van der Waals surface area (Å²) in [6, 6.07) is 6.84. The summed E-state index contributed by atoms with van der Waals surface area (Å²) in [6.45, 7) is 1.49. The summed E-state index contributed by atoms with van der Waals surface area (Å²) in [5.41, 5.74) is 0.761. The molecule has 0 unspecified atom stereocenters. The van der Waals surface area contributed by atoms with Gasteiger partial charge >= 0.3 is 0 Å². The van der Waals surface area contributed by atoms with Crippen LogP contribution in [-0.4, -0.2) is 28.5 Å². The van der Waals surface area contributed by atoms with Gasteiger partial charge in [0.2, 0.25) is 11.7 Å². The number of phenolic OH excluding ortho intramolecular Hbond substituents is 1. The average molecular weight is 246 g/mol. The molecule has 1 N–H and O–H groups in total. The second-order valence-corrected chi connectivity index (χ2v) is 4.39. The summed E-state index contributed by atoms with van der Waals surface area (Å²) >= 11 is 0. The molecule has 5 nitrogen and oxygen atoms in total. The van der Waals surface area contributed by atoms with Crippen molar-refractivity contribution in [2.24, 2.45) is 0 Å². The van der Waals surface area contributed by atoms with Crippen LogP contribution in [0.5, 0.6) is 5.75 Å². The molecule has 1 fully saturated rings. The molecule has 18 heavy (non-hydrogen) atoms. The maximum Gasteiger partial charge on any atom is 0.230 e. The molecule has 1 aromatic carbocycles. The van der Waals surface area contributed by atoms with E-state index in [4.69, 9.17) is 9.26 Å². The molecule has 2 heterocycles. The summed E-state index contributed by atoms with van der Waals surface area (Å²) in [5.74, 6) is 1.67. The van der Waals surface area contributed by atoms with Crippen LogP contribution in [0.3, 0.4) is 0 Å². The van der Waals surface area contributed by atoms with Gasteiger partial charge in [-0.2, -0.15) is 4.98 Å². The second-order valence-electron chi connectivity index (χ2n) is 4.39. The number of nitrogens with zero attached hydrogens (tertiary/aromatic N) is 2. The quantitative estimate of drug-likeness (QED) is 0.880. The Kier molecular flexibility index (Phi) is 2.98. The first-order valence-electron chi connectivity index (χ1n) is 6.04. The van der Waals surface area contributed by atoms with Gasteiger partial charge in [0.25, 0.3) is 0 Å². The van der Waals surface area contributed by atoms with E-state index >= 15 is 0 Å². The van der Waals surface area contributed by atoms with Gasteiger partial charge in [-0.05, 0) is 25.0 Å². The molecule has 2 aromatic rings. The molecule has 0 aliphatic carbocycles. The predicted octanol–water partition coefficient (Wildman–Crippen LogP) is 2.34. The number of aromatic nitrogens is 2. The lowest BCUT2D eigenvalue weighted by atomic mass is 10.0. The third kappa shape index (κ3) is 2.22. The highest BCUT2D eigenvalue weighted by Crippen LogP contribution is 2.28. The van der Waals surface area contributed by atoms with Crippen molar-refractivity contribution in [2.75, 3.05) is 13.2 Å². The summed E-state index contributed by atoms with van der Waals surface area (Å²) in [4.78, 5) is 4.40. The third-order valence-corrected chi connectivity index (χ3v) is 3.12. The van der Waals surface area contributed by atoms with Gasteiger partial charge in [0, 0.05) is 24.7 Å². The zero-order valence-electron chi connectivity index (χ0n) is 9.87. The zero-order chi connectivity index (χ0) is 12.4. The lowest BCUT2D eigenvalue weighted by Gasteiger charge is -2.17. The number of hydrogen-bond acceptors (Lipinski definition) is 5. The number of benzene rings is 1. The largest absolute Gasteiger partial charge is 0.508 e. The van der Waals surface area contributed by atoms with Gasteiger partial charge in [0.05, 0.1) is 0 Å². The van der Waals surface area contributed by atoms with Crippen molar-refractivity contribution in [3.63, 3.8) is 0 Å². The smallest absolute Gasteiger partial charge is 0.230 e. The lowest BCUT2D eigenvalue weighted by molar-refractivity contribution is 0.0778. The van der Waals surface area contributed by atoms with Crippen LogP contribution in [0.15, 0.2) is 28.8 Å². The third-order valence-electron chi connectivity index (χ3n) is 3.12. The van der Waals surface area contributed by atoms with Crippen LogP contribution in [0, 0.1) is 0 Å². The van der Waals surface area contributed by atoms with E-state index in [-0.39, 0.29) is 11.7 Å². The molecule has 1 aromatic heterocycles. The number of rotatable bonds is 2. The summed E-state index contributed by atoms with van der Waals surface area (Å²) < 4.78 is 10.6. The van der Waals surface area contributed by atoms with Crippen molar-refractivity contribution >= 4 is 0 Å². The number of aromatic hydroxyl groups is 1. The molecule has 94 valence electrons. The van der Waals surface area contributed by atoms with Gasteiger partial charge in [0.15, 0.2) is 0 Å². The summed E-state index contributed by atoms with van der Waals surface area (Å²) in [6.07, 6.45) is 1.84. The highest BCUT2D eigenvalue weighted by molar-refractivity contribution is 5.56. The van der Waals surface area contributed by atoms with E-state index in [1.54, 1.807) is 18.2 Å². The van der Waals surface area contributed by atoms with Gasteiger partial charge < -0.3 is 14.4 Å². The van der Waals surface area contributed by atoms with Crippen molar-refractivity contribution in [3.05, 3.63) is 30.2 Å². The van der Waals surface area contributed by atoms with E-state index in [1.165, 1.54) is 0 Å². The topological polar surface area (TPSA) is 68.4 Å². The lowest BCUT2D eigenvalue weighted by Crippen LogP contribution is -2.14. The van der Waals surface area contributed by atoms with E-state index in [9.17, 15) is 5.11 Å². The Labute approximate surface area is 104 Å².